The van der Waals surface area contributed by atoms with Crippen LogP contribution < -0.4 is 25.4 Å². The largest absolute Gasteiger partial charge is 0.491 e. The maximum atomic E-state index is 17.0. The van der Waals surface area contributed by atoms with E-state index in [4.69, 9.17) is 36.5 Å². The number of hydrogen-bond donors (Lipinski definition) is 2. The average Bonchev–Trinajstić information content (AvgIpc) is 3.27. The van der Waals surface area contributed by atoms with E-state index in [-0.39, 0.29) is 77.6 Å². The Labute approximate surface area is 254 Å². The summed E-state index contributed by atoms with van der Waals surface area (Å²) in [5, 5.41) is 13.8. The molecule has 2 saturated heterocycles. The van der Waals surface area contributed by atoms with Crippen LogP contribution in [-0.2, 0) is 4.74 Å². The molecule has 5 heterocycles. The number of nitrogens with one attached hydrogen (secondary N) is 1. The third kappa shape index (κ3) is 4.05. The minimum absolute atomic E-state index is 0.000238. The van der Waals surface area contributed by atoms with E-state index in [2.05, 4.69) is 15.2 Å². The van der Waals surface area contributed by atoms with Gasteiger partial charge in [0.05, 0.1) is 46.6 Å². The van der Waals surface area contributed by atoms with Gasteiger partial charge in [0, 0.05) is 41.4 Å². The Morgan fingerprint density at radius 3 is 2.88 bits per heavy atom. The zero-order valence-electron chi connectivity index (χ0n) is 23.2. The number of likely N-dealkylation sites (N-methyl/N-ethyl adjacent to an activating group) is 1. The summed E-state index contributed by atoms with van der Waals surface area (Å²) in [6, 6.07) is 4.92. The molecule has 3 aliphatic heterocycles. The number of fused-ring (bicyclic) bond motifs is 3. The topological polar surface area (TPSA) is 119 Å². The molecule has 222 valence electrons. The summed E-state index contributed by atoms with van der Waals surface area (Å²) >= 11 is 7.96. The first kappa shape index (κ1) is 27.1. The van der Waals surface area contributed by atoms with Gasteiger partial charge in [-0.05, 0) is 37.9 Å². The maximum Gasteiger partial charge on any atom is 0.319 e. The van der Waals surface area contributed by atoms with Crippen LogP contribution in [0.3, 0.4) is 0 Å². The first-order valence-electron chi connectivity index (χ1n) is 14.2. The number of nitrogens with zero attached hydrogens (tertiary/aromatic N) is 4. The van der Waals surface area contributed by atoms with Crippen LogP contribution in [0.2, 0.25) is 5.02 Å². The van der Waals surface area contributed by atoms with Crippen LogP contribution in [0.4, 0.5) is 19.6 Å². The molecule has 2 bridgehead atoms. The normalized spacial score (nSPS) is 25.1. The van der Waals surface area contributed by atoms with Crippen LogP contribution in [0, 0.1) is 34.3 Å². The van der Waals surface area contributed by atoms with Crippen molar-refractivity contribution < 1.29 is 23.0 Å². The first-order chi connectivity index (χ1) is 20.8. The summed E-state index contributed by atoms with van der Waals surface area (Å²) in [4.78, 5) is 11.6. The molecule has 13 heteroatoms. The predicted molar refractivity (Wildman–Crippen MR) is 160 cm³/mol. The van der Waals surface area contributed by atoms with Crippen LogP contribution >= 0.6 is 22.9 Å². The van der Waals surface area contributed by atoms with E-state index in [9.17, 15) is 9.65 Å². The SMILES string of the molecule is CNCCN1c2nc(OCC34COC(C3)C4)nc3c(F)c(-c4ccc(F)c5sc(N)c(C#N)c45)c(Cl)c(c23)OCC2CC21. The van der Waals surface area contributed by atoms with Gasteiger partial charge in [0.2, 0.25) is 0 Å². The number of nitrogens with two attached hydrogens (primary N) is 1. The van der Waals surface area contributed by atoms with Gasteiger partial charge in [-0.15, -0.1) is 11.3 Å². The molecule has 2 saturated carbocycles. The molecule has 2 atom stereocenters. The highest BCUT2D eigenvalue weighted by atomic mass is 35.5. The van der Waals surface area contributed by atoms with Gasteiger partial charge in [-0.2, -0.15) is 15.2 Å². The molecule has 9 nitrogen and oxygen atoms in total. The van der Waals surface area contributed by atoms with Crippen LogP contribution in [-0.4, -0.2) is 62.1 Å². The lowest BCUT2D eigenvalue weighted by Gasteiger charge is -2.34. The highest BCUT2D eigenvalue weighted by Gasteiger charge is 2.53. The number of ether oxygens (including phenoxy) is 3. The molecular formula is C30H27ClF2N6O3S. The second-order valence-electron chi connectivity index (χ2n) is 11.9. The molecule has 0 radical (unpaired) electrons. The minimum atomic E-state index is -0.741. The summed E-state index contributed by atoms with van der Waals surface area (Å²) in [5.74, 6) is -0.315. The molecule has 3 N–H and O–H groups in total. The number of hydrogen-bond acceptors (Lipinski definition) is 10. The monoisotopic (exact) mass is 624 g/mol. The molecule has 9 rings (SSSR count). The van der Waals surface area contributed by atoms with Crippen molar-refractivity contribution in [1.29, 1.82) is 5.26 Å². The molecule has 2 aliphatic carbocycles. The minimum Gasteiger partial charge on any atom is -0.491 e. The standard InChI is InChI=1S/C30H27ClF2N6O3S/c1-36-4-5-39-18-6-13(18)10-40-25-21-24(37-29(38-28(21)39)42-12-30-7-14(8-30)41-11-30)23(33)20(22(25)31)15-2-3-17(32)26-19(15)16(9-34)27(35)43-26/h2-3,13-14,18,36H,4-8,10-12,35H2,1H3. The number of rotatable bonds is 7. The summed E-state index contributed by atoms with van der Waals surface area (Å²) in [7, 11) is 1.88. The number of aromatic nitrogens is 2. The van der Waals surface area contributed by atoms with Crippen LogP contribution in [0.25, 0.3) is 32.1 Å². The van der Waals surface area contributed by atoms with Crippen molar-refractivity contribution >= 4 is 54.7 Å². The Morgan fingerprint density at radius 1 is 1.30 bits per heavy atom. The zero-order chi connectivity index (χ0) is 29.6. The molecule has 2 unspecified atom stereocenters. The van der Waals surface area contributed by atoms with E-state index in [1.54, 1.807) is 0 Å². The fraction of sp³-hybridized carbons (Fsp3) is 0.433. The highest BCUT2D eigenvalue weighted by Crippen LogP contribution is 2.53. The third-order valence-corrected chi connectivity index (χ3v) is 10.6. The van der Waals surface area contributed by atoms with Crippen molar-refractivity contribution in [3.8, 4) is 29.0 Å². The number of halogens is 3. The lowest BCUT2D eigenvalue weighted by atomic mass is 9.71. The molecule has 4 fully saturated rings. The van der Waals surface area contributed by atoms with Crippen LogP contribution in [0.5, 0.6) is 11.8 Å². The summed E-state index contributed by atoms with van der Waals surface area (Å²) < 4.78 is 50.3. The van der Waals surface area contributed by atoms with E-state index in [1.165, 1.54) is 12.1 Å². The maximum absolute atomic E-state index is 17.0. The highest BCUT2D eigenvalue weighted by molar-refractivity contribution is 7.23. The van der Waals surface area contributed by atoms with E-state index in [0.717, 1.165) is 30.6 Å². The van der Waals surface area contributed by atoms with Gasteiger partial charge < -0.3 is 30.2 Å². The van der Waals surface area contributed by atoms with Crippen molar-refractivity contribution in [1.82, 2.24) is 15.3 Å². The van der Waals surface area contributed by atoms with Gasteiger partial charge in [0.1, 0.15) is 28.2 Å². The van der Waals surface area contributed by atoms with Gasteiger partial charge in [0.15, 0.2) is 11.6 Å². The Morgan fingerprint density at radius 2 is 2.14 bits per heavy atom. The number of benzene rings is 2. The Hall–Kier alpha value is -3.50. The fourth-order valence-electron chi connectivity index (χ4n) is 6.85. The van der Waals surface area contributed by atoms with E-state index in [1.807, 2.05) is 13.1 Å². The first-order valence-corrected chi connectivity index (χ1v) is 15.4. The van der Waals surface area contributed by atoms with Gasteiger partial charge in [-0.1, -0.05) is 17.7 Å². The predicted octanol–water partition coefficient (Wildman–Crippen LogP) is 5.26. The lowest BCUT2D eigenvalue weighted by molar-refractivity contribution is 0.0785. The summed E-state index contributed by atoms with van der Waals surface area (Å²) in [5.41, 5.74) is 6.24. The molecular weight excluding hydrogens is 598 g/mol. The van der Waals surface area contributed by atoms with Gasteiger partial charge >= 0.3 is 6.01 Å². The third-order valence-electron chi connectivity index (χ3n) is 9.20. The number of nitriles is 1. The number of nitrogen functional groups attached to an aromatic ring is 1. The second-order valence-corrected chi connectivity index (χ2v) is 13.4. The van der Waals surface area contributed by atoms with Crippen LogP contribution in [0.1, 0.15) is 24.8 Å². The number of anilines is 2. The van der Waals surface area contributed by atoms with Crippen molar-refractivity contribution in [2.24, 2.45) is 11.3 Å². The Kier molecular flexibility index (Phi) is 6.14. The molecule has 2 aromatic heterocycles. The summed E-state index contributed by atoms with van der Waals surface area (Å²) in [6.07, 6.45) is 3.01. The molecule has 2 aromatic carbocycles. The van der Waals surface area contributed by atoms with E-state index < -0.39 is 11.6 Å². The fourth-order valence-corrected chi connectivity index (χ4v) is 8.13. The van der Waals surface area contributed by atoms with Crippen molar-refractivity contribution in [3.63, 3.8) is 0 Å². The Balaban J connectivity index is 1.37. The smallest absolute Gasteiger partial charge is 0.319 e. The van der Waals surface area contributed by atoms with Gasteiger partial charge in [-0.3, -0.25) is 0 Å². The quantitative estimate of drug-likeness (QED) is 0.284. The molecule has 0 amide bonds. The Bertz CT molecular complexity index is 1870. The molecule has 5 aliphatic rings. The van der Waals surface area contributed by atoms with E-state index >= 15 is 4.39 Å². The van der Waals surface area contributed by atoms with Gasteiger partial charge in [0.25, 0.3) is 0 Å². The summed E-state index contributed by atoms with van der Waals surface area (Å²) in [6.45, 7) is 2.67. The second kappa shape index (κ2) is 9.75. The molecule has 43 heavy (non-hydrogen) atoms. The van der Waals surface area contributed by atoms with Crippen LogP contribution in [0.15, 0.2) is 12.1 Å². The van der Waals surface area contributed by atoms with Crippen molar-refractivity contribution in [3.05, 3.63) is 34.4 Å². The number of thiophene rings is 1. The molecule has 4 aromatic rings. The zero-order valence-corrected chi connectivity index (χ0v) is 24.7. The van der Waals surface area contributed by atoms with E-state index in [0.29, 0.717) is 44.1 Å². The van der Waals surface area contributed by atoms with Gasteiger partial charge in [-0.25, -0.2) is 8.78 Å². The average molecular weight is 625 g/mol. The lowest BCUT2D eigenvalue weighted by Crippen LogP contribution is -2.38. The van der Waals surface area contributed by atoms with Crippen molar-refractivity contribution in [2.75, 3.05) is 50.6 Å². The molecule has 0 spiro atoms. The van der Waals surface area contributed by atoms with Crippen molar-refractivity contribution in [2.45, 2.75) is 31.4 Å².